The second kappa shape index (κ2) is 9.07. The molecule has 1 heterocycles. The lowest BCUT2D eigenvalue weighted by Gasteiger charge is -2.38. The van der Waals surface area contributed by atoms with Gasteiger partial charge in [-0.25, -0.2) is 12.8 Å². The van der Waals surface area contributed by atoms with Gasteiger partial charge in [-0.2, -0.15) is 5.26 Å². The van der Waals surface area contributed by atoms with Crippen LogP contribution in [0, 0.1) is 17.1 Å². The Bertz CT molecular complexity index is 1270. The van der Waals surface area contributed by atoms with Gasteiger partial charge in [-0.15, -0.1) is 0 Å². The normalized spacial score (nSPS) is 14.2. The van der Waals surface area contributed by atoms with Gasteiger partial charge in [0.15, 0.2) is 0 Å². The summed E-state index contributed by atoms with van der Waals surface area (Å²) >= 11 is 5.85. The molecule has 3 aromatic carbocycles. The van der Waals surface area contributed by atoms with Crippen LogP contribution in [-0.2, 0) is 10.0 Å². The number of halogens is 2. The molecule has 32 heavy (non-hydrogen) atoms. The van der Waals surface area contributed by atoms with Crippen LogP contribution in [0.15, 0.2) is 71.6 Å². The molecular formula is C23H20ClFN4O2S. The number of sulfonamides is 1. The van der Waals surface area contributed by atoms with Crippen molar-refractivity contribution in [3.05, 3.63) is 83.1 Å². The Morgan fingerprint density at radius 1 is 0.906 bits per heavy atom. The van der Waals surface area contributed by atoms with E-state index >= 15 is 0 Å². The van der Waals surface area contributed by atoms with Gasteiger partial charge < -0.3 is 9.80 Å². The van der Waals surface area contributed by atoms with Crippen LogP contribution in [0.25, 0.3) is 0 Å². The van der Waals surface area contributed by atoms with E-state index < -0.39 is 10.0 Å². The van der Waals surface area contributed by atoms with Crippen molar-refractivity contribution in [2.45, 2.75) is 4.90 Å². The van der Waals surface area contributed by atoms with Gasteiger partial charge in [0.1, 0.15) is 5.82 Å². The fraction of sp³-hybridized carbons (Fsp3) is 0.174. The number of hydrogen-bond donors (Lipinski definition) is 1. The summed E-state index contributed by atoms with van der Waals surface area (Å²) in [6.07, 6.45) is 0. The Morgan fingerprint density at radius 3 is 2.16 bits per heavy atom. The Hall–Kier alpha value is -3.28. The lowest BCUT2D eigenvalue weighted by atomic mass is 10.2. The average Bonchev–Trinajstić information content (AvgIpc) is 2.79. The Labute approximate surface area is 191 Å². The molecule has 0 unspecified atom stereocenters. The summed E-state index contributed by atoms with van der Waals surface area (Å²) in [7, 11) is -3.82. The monoisotopic (exact) mass is 470 g/mol. The molecule has 1 aliphatic rings. The van der Waals surface area contributed by atoms with Crippen LogP contribution in [0.2, 0.25) is 5.02 Å². The number of nitrogens with zero attached hydrogens (tertiary/aromatic N) is 3. The molecule has 9 heteroatoms. The summed E-state index contributed by atoms with van der Waals surface area (Å²) in [4.78, 5) is 4.10. The van der Waals surface area contributed by atoms with Crippen molar-refractivity contribution in [2.75, 3.05) is 40.7 Å². The van der Waals surface area contributed by atoms with Crippen molar-refractivity contribution >= 4 is 38.7 Å². The van der Waals surface area contributed by atoms with Crippen LogP contribution in [0.1, 0.15) is 5.56 Å². The molecule has 4 rings (SSSR count). The summed E-state index contributed by atoms with van der Waals surface area (Å²) in [6.45, 7) is 2.35. The second-order valence-corrected chi connectivity index (χ2v) is 9.45. The predicted octanol–water partition coefficient (Wildman–Crippen LogP) is 4.48. The molecule has 0 amide bonds. The van der Waals surface area contributed by atoms with E-state index in [2.05, 4.69) is 9.62 Å². The van der Waals surface area contributed by atoms with Crippen LogP contribution < -0.4 is 14.5 Å². The van der Waals surface area contributed by atoms with Gasteiger partial charge >= 0.3 is 0 Å². The molecule has 0 radical (unpaired) electrons. The summed E-state index contributed by atoms with van der Waals surface area (Å²) in [6, 6.07) is 19.5. The van der Waals surface area contributed by atoms with Gasteiger partial charge in [0.05, 0.1) is 33.6 Å². The molecule has 164 valence electrons. The Balaban J connectivity index is 1.51. The molecule has 0 spiro atoms. The SMILES string of the molecule is N#Cc1ccc(S(=O)(=O)Nc2ccccc2N2CCN(c3ccc(Cl)cc3F)CC2)cc1. The zero-order chi connectivity index (χ0) is 22.7. The van der Waals surface area contributed by atoms with Gasteiger partial charge in [-0.3, -0.25) is 4.72 Å². The van der Waals surface area contributed by atoms with E-state index in [1.54, 1.807) is 24.3 Å². The van der Waals surface area contributed by atoms with E-state index in [0.717, 1.165) is 5.69 Å². The van der Waals surface area contributed by atoms with E-state index in [9.17, 15) is 12.8 Å². The first-order chi connectivity index (χ1) is 15.4. The van der Waals surface area contributed by atoms with Gasteiger partial charge in [-0.05, 0) is 54.6 Å². The maximum absolute atomic E-state index is 14.3. The number of nitrogens with one attached hydrogen (secondary N) is 1. The number of hydrogen-bond acceptors (Lipinski definition) is 5. The molecule has 1 N–H and O–H groups in total. The zero-order valence-corrected chi connectivity index (χ0v) is 18.6. The van der Waals surface area contributed by atoms with Crippen molar-refractivity contribution in [3.8, 4) is 6.07 Å². The van der Waals surface area contributed by atoms with Crippen molar-refractivity contribution < 1.29 is 12.8 Å². The predicted molar refractivity (Wildman–Crippen MR) is 124 cm³/mol. The van der Waals surface area contributed by atoms with Crippen LogP contribution in [0.4, 0.5) is 21.5 Å². The highest BCUT2D eigenvalue weighted by molar-refractivity contribution is 7.92. The van der Waals surface area contributed by atoms with Crippen LogP contribution in [0.3, 0.4) is 0 Å². The van der Waals surface area contributed by atoms with Crippen molar-refractivity contribution in [2.24, 2.45) is 0 Å². The first-order valence-electron chi connectivity index (χ1n) is 9.94. The third-order valence-electron chi connectivity index (χ3n) is 5.31. The fourth-order valence-corrected chi connectivity index (χ4v) is 4.91. The van der Waals surface area contributed by atoms with Gasteiger partial charge in [-0.1, -0.05) is 23.7 Å². The van der Waals surface area contributed by atoms with Gasteiger partial charge in [0.2, 0.25) is 0 Å². The van der Waals surface area contributed by atoms with E-state index in [4.69, 9.17) is 16.9 Å². The Morgan fingerprint density at radius 2 is 1.53 bits per heavy atom. The third-order valence-corrected chi connectivity index (χ3v) is 6.93. The number of piperazine rings is 1. The quantitative estimate of drug-likeness (QED) is 0.595. The summed E-state index contributed by atoms with van der Waals surface area (Å²) < 4.78 is 42.7. The molecule has 0 saturated carbocycles. The highest BCUT2D eigenvalue weighted by atomic mass is 35.5. The van der Waals surface area contributed by atoms with Gasteiger partial charge in [0.25, 0.3) is 10.0 Å². The topological polar surface area (TPSA) is 76.4 Å². The van der Waals surface area contributed by atoms with Crippen LogP contribution in [0.5, 0.6) is 0 Å². The minimum Gasteiger partial charge on any atom is -0.366 e. The molecule has 0 aliphatic carbocycles. The van der Waals surface area contributed by atoms with Crippen molar-refractivity contribution in [3.63, 3.8) is 0 Å². The summed E-state index contributed by atoms with van der Waals surface area (Å²) in [5, 5.41) is 9.27. The number of anilines is 3. The number of nitriles is 1. The lowest BCUT2D eigenvalue weighted by molar-refractivity contribution is 0.597. The molecule has 1 saturated heterocycles. The molecule has 0 bridgehead atoms. The van der Waals surface area contributed by atoms with E-state index in [-0.39, 0.29) is 10.7 Å². The minimum atomic E-state index is -3.82. The first-order valence-corrected chi connectivity index (χ1v) is 11.8. The zero-order valence-electron chi connectivity index (χ0n) is 17.0. The molecule has 6 nitrogen and oxygen atoms in total. The summed E-state index contributed by atoms with van der Waals surface area (Å²) in [5.74, 6) is -0.360. The number of rotatable bonds is 5. The van der Waals surface area contributed by atoms with E-state index in [0.29, 0.717) is 48.1 Å². The maximum Gasteiger partial charge on any atom is 0.261 e. The lowest BCUT2D eigenvalue weighted by Crippen LogP contribution is -2.47. The van der Waals surface area contributed by atoms with Crippen molar-refractivity contribution in [1.82, 2.24) is 0 Å². The molecule has 1 aliphatic heterocycles. The molecule has 3 aromatic rings. The largest absolute Gasteiger partial charge is 0.366 e. The third kappa shape index (κ3) is 4.64. The van der Waals surface area contributed by atoms with E-state index in [1.807, 2.05) is 23.1 Å². The second-order valence-electron chi connectivity index (χ2n) is 7.33. The number of para-hydroxylation sites is 2. The standard InChI is InChI=1S/C23H20ClFN4O2S/c24-18-7-10-22(20(25)15-18)28-11-13-29(14-12-28)23-4-2-1-3-21(23)27-32(30,31)19-8-5-17(16-26)6-9-19/h1-10,15,27H,11-14H2. The molecule has 0 atom stereocenters. The molecule has 1 fully saturated rings. The van der Waals surface area contributed by atoms with Crippen LogP contribution >= 0.6 is 11.6 Å². The Kier molecular flexibility index (Phi) is 6.21. The average molecular weight is 471 g/mol. The molecular weight excluding hydrogens is 451 g/mol. The van der Waals surface area contributed by atoms with Gasteiger partial charge in [0, 0.05) is 31.2 Å². The van der Waals surface area contributed by atoms with Crippen molar-refractivity contribution in [1.29, 1.82) is 5.26 Å². The summed E-state index contributed by atoms with van der Waals surface area (Å²) in [5.41, 5.74) is 2.10. The van der Waals surface area contributed by atoms with E-state index in [1.165, 1.54) is 30.3 Å². The number of benzene rings is 3. The first kappa shape index (κ1) is 21.9. The molecule has 0 aromatic heterocycles. The smallest absolute Gasteiger partial charge is 0.261 e. The maximum atomic E-state index is 14.3. The highest BCUT2D eigenvalue weighted by Gasteiger charge is 2.23. The van der Waals surface area contributed by atoms with Crippen LogP contribution in [-0.4, -0.2) is 34.6 Å². The minimum absolute atomic E-state index is 0.0781. The highest BCUT2D eigenvalue weighted by Crippen LogP contribution is 2.30. The fourth-order valence-electron chi connectivity index (χ4n) is 3.67.